The molecular formula is C16H12BrFN2O3. The summed E-state index contributed by atoms with van der Waals surface area (Å²) in [5.74, 6) is -0.948. The summed E-state index contributed by atoms with van der Waals surface area (Å²) in [7, 11) is 0. The van der Waals surface area contributed by atoms with Gasteiger partial charge in [-0.2, -0.15) is 0 Å². The Bertz CT molecular complexity index is 810. The van der Waals surface area contributed by atoms with E-state index in [1.807, 2.05) is 0 Å². The average molecular weight is 379 g/mol. The second-order valence-corrected chi connectivity index (χ2v) is 5.95. The lowest BCUT2D eigenvalue weighted by Gasteiger charge is -2.23. The average Bonchev–Trinajstić information content (AvgIpc) is 2.48. The van der Waals surface area contributed by atoms with Crippen LogP contribution >= 0.6 is 15.9 Å². The quantitative estimate of drug-likeness (QED) is 0.839. The minimum absolute atomic E-state index is 0.0696. The number of rotatable bonds is 2. The summed E-state index contributed by atoms with van der Waals surface area (Å²) in [6, 6.07) is 9.02. The summed E-state index contributed by atoms with van der Waals surface area (Å²) in [5, 5.41) is 5.28. The first-order valence-electron chi connectivity index (χ1n) is 6.82. The lowest BCUT2D eigenvalue weighted by Crippen LogP contribution is -2.34. The number of anilines is 2. The van der Waals surface area contributed by atoms with Crippen LogP contribution in [0.3, 0.4) is 0 Å². The molecule has 0 saturated heterocycles. The molecule has 0 fully saturated rings. The Hall–Kier alpha value is -2.41. The van der Waals surface area contributed by atoms with E-state index in [2.05, 4.69) is 26.6 Å². The van der Waals surface area contributed by atoms with Crippen molar-refractivity contribution >= 4 is 39.1 Å². The standard InChI is InChI=1S/C16H12BrFN2O3/c1-8-15(21)20-13-7-10(3-5-14(13)23-8)19-16(22)11-4-2-9(17)6-12(11)18/h2-8H,1H3,(H,19,22)(H,20,21)/t8-/m1/s1. The number of hydrogen-bond donors (Lipinski definition) is 2. The Morgan fingerprint density at radius 2 is 2.09 bits per heavy atom. The smallest absolute Gasteiger partial charge is 0.265 e. The van der Waals surface area contributed by atoms with Gasteiger partial charge in [-0.25, -0.2) is 4.39 Å². The van der Waals surface area contributed by atoms with E-state index in [4.69, 9.17) is 4.74 Å². The van der Waals surface area contributed by atoms with Crippen molar-refractivity contribution in [3.8, 4) is 5.75 Å². The highest BCUT2D eigenvalue weighted by Crippen LogP contribution is 2.32. The zero-order chi connectivity index (χ0) is 16.6. The van der Waals surface area contributed by atoms with E-state index in [-0.39, 0.29) is 11.5 Å². The number of ether oxygens (including phenoxy) is 1. The first-order chi connectivity index (χ1) is 10.9. The first-order valence-corrected chi connectivity index (χ1v) is 7.61. The molecule has 1 aliphatic rings. The molecule has 0 spiro atoms. The van der Waals surface area contributed by atoms with Crippen molar-refractivity contribution in [2.75, 3.05) is 10.6 Å². The van der Waals surface area contributed by atoms with Gasteiger partial charge in [0.1, 0.15) is 11.6 Å². The molecule has 0 unspecified atom stereocenters. The fourth-order valence-corrected chi connectivity index (χ4v) is 2.49. The highest BCUT2D eigenvalue weighted by molar-refractivity contribution is 9.10. The van der Waals surface area contributed by atoms with Crippen LogP contribution in [-0.4, -0.2) is 17.9 Å². The lowest BCUT2D eigenvalue weighted by molar-refractivity contribution is -0.122. The van der Waals surface area contributed by atoms with Gasteiger partial charge in [-0.1, -0.05) is 15.9 Å². The molecule has 3 rings (SSSR count). The number of halogens is 2. The van der Waals surface area contributed by atoms with Gasteiger partial charge >= 0.3 is 0 Å². The summed E-state index contributed by atoms with van der Waals surface area (Å²) in [5.41, 5.74) is 0.816. The predicted octanol–water partition coefficient (Wildman–Crippen LogP) is 3.56. The Morgan fingerprint density at radius 1 is 1.30 bits per heavy atom. The molecule has 0 bridgehead atoms. The van der Waals surface area contributed by atoms with Gasteiger partial charge in [0.2, 0.25) is 0 Å². The van der Waals surface area contributed by atoms with Crippen molar-refractivity contribution in [2.45, 2.75) is 13.0 Å². The van der Waals surface area contributed by atoms with E-state index in [9.17, 15) is 14.0 Å². The summed E-state index contributed by atoms with van der Waals surface area (Å²) < 4.78 is 19.8. The van der Waals surface area contributed by atoms with Crippen LogP contribution in [0.25, 0.3) is 0 Å². The molecule has 1 atom stereocenters. The molecule has 23 heavy (non-hydrogen) atoms. The van der Waals surface area contributed by atoms with Crippen LogP contribution in [0.2, 0.25) is 0 Å². The zero-order valence-electron chi connectivity index (χ0n) is 12.0. The molecule has 5 nitrogen and oxygen atoms in total. The van der Waals surface area contributed by atoms with Crippen LogP contribution in [0.4, 0.5) is 15.8 Å². The van der Waals surface area contributed by atoms with Gasteiger partial charge in [-0.3, -0.25) is 9.59 Å². The van der Waals surface area contributed by atoms with Gasteiger partial charge in [0.05, 0.1) is 11.3 Å². The third-order valence-corrected chi connectivity index (χ3v) is 3.84. The molecule has 0 aromatic heterocycles. The second kappa shape index (κ2) is 6.00. The maximum Gasteiger partial charge on any atom is 0.265 e. The number of amides is 2. The minimum atomic E-state index is -0.625. The molecule has 2 aromatic rings. The Morgan fingerprint density at radius 3 is 2.83 bits per heavy atom. The predicted molar refractivity (Wildman–Crippen MR) is 87.2 cm³/mol. The minimum Gasteiger partial charge on any atom is -0.479 e. The number of fused-ring (bicyclic) bond motifs is 1. The van der Waals surface area contributed by atoms with Crippen LogP contribution in [-0.2, 0) is 4.79 Å². The van der Waals surface area contributed by atoms with Crippen LogP contribution in [0.15, 0.2) is 40.9 Å². The fourth-order valence-electron chi connectivity index (χ4n) is 2.16. The highest BCUT2D eigenvalue weighted by atomic mass is 79.9. The SMILES string of the molecule is C[C@H]1Oc2ccc(NC(=O)c3ccc(Br)cc3F)cc2NC1=O. The molecule has 1 aliphatic heterocycles. The normalized spacial score (nSPS) is 16.1. The Kier molecular flexibility index (Phi) is 4.04. The van der Waals surface area contributed by atoms with Gasteiger partial charge in [0, 0.05) is 10.2 Å². The van der Waals surface area contributed by atoms with Crippen LogP contribution in [0.5, 0.6) is 5.75 Å². The largest absolute Gasteiger partial charge is 0.479 e. The van der Waals surface area contributed by atoms with Gasteiger partial charge in [0.25, 0.3) is 11.8 Å². The summed E-state index contributed by atoms with van der Waals surface area (Å²) in [4.78, 5) is 23.8. The van der Waals surface area contributed by atoms with E-state index < -0.39 is 17.8 Å². The van der Waals surface area contributed by atoms with Crippen molar-refractivity contribution in [1.82, 2.24) is 0 Å². The molecule has 0 saturated carbocycles. The molecule has 2 aromatic carbocycles. The third-order valence-electron chi connectivity index (χ3n) is 3.34. The monoisotopic (exact) mass is 378 g/mol. The molecular weight excluding hydrogens is 367 g/mol. The summed E-state index contributed by atoms with van der Waals surface area (Å²) >= 11 is 3.14. The van der Waals surface area contributed by atoms with Gasteiger partial charge < -0.3 is 15.4 Å². The number of benzene rings is 2. The van der Waals surface area contributed by atoms with Gasteiger partial charge in [0.15, 0.2) is 6.10 Å². The van der Waals surface area contributed by atoms with Crippen LogP contribution in [0, 0.1) is 5.82 Å². The Labute approximate surface area is 140 Å². The van der Waals surface area contributed by atoms with Crippen molar-refractivity contribution < 1.29 is 18.7 Å². The number of nitrogens with one attached hydrogen (secondary N) is 2. The maximum absolute atomic E-state index is 13.8. The van der Waals surface area contributed by atoms with Crippen molar-refractivity contribution in [3.63, 3.8) is 0 Å². The molecule has 2 amide bonds. The lowest BCUT2D eigenvalue weighted by atomic mass is 10.1. The number of carbonyl (C=O) groups is 2. The summed E-state index contributed by atoms with van der Waals surface area (Å²) in [6.07, 6.45) is -0.570. The van der Waals surface area contributed by atoms with Crippen LogP contribution in [0.1, 0.15) is 17.3 Å². The van der Waals surface area contributed by atoms with E-state index >= 15 is 0 Å². The van der Waals surface area contributed by atoms with Crippen molar-refractivity contribution in [1.29, 1.82) is 0 Å². The van der Waals surface area contributed by atoms with E-state index in [1.54, 1.807) is 31.2 Å². The van der Waals surface area contributed by atoms with Gasteiger partial charge in [-0.05, 0) is 43.3 Å². The maximum atomic E-state index is 13.8. The van der Waals surface area contributed by atoms with Crippen LogP contribution < -0.4 is 15.4 Å². The summed E-state index contributed by atoms with van der Waals surface area (Å²) in [6.45, 7) is 1.64. The molecule has 0 radical (unpaired) electrons. The molecule has 118 valence electrons. The number of hydrogen-bond acceptors (Lipinski definition) is 3. The van der Waals surface area contributed by atoms with Crippen molar-refractivity contribution in [3.05, 3.63) is 52.3 Å². The highest BCUT2D eigenvalue weighted by Gasteiger charge is 2.23. The van der Waals surface area contributed by atoms with E-state index in [1.165, 1.54) is 12.1 Å². The molecule has 2 N–H and O–H groups in total. The van der Waals surface area contributed by atoms with E-state index in [0.717, 1.165) is 0 Å². The number of carbonyl (C=O) groups excluding carboxylic acids is 2. The van der Waals surface area contributed by atoms with E-state index in [0.29, 0.717) is 21.6 Å². The second-order valence-electron chi connectivity index (χ2n) is 5.04. The molecule has 7 heteroatoms. The molecule has 1 heterocycles. The fraction of sp³-hybridized carbons (Fsp3) is 0.125. The topological polar surface area (TPSA) is 67.4 Å². The first kappa shape index (κ1) is 15.5. The molecule has 0 aliphatic carbocycles. The zero-order valence-corrected chi connectivity index (χ0v) is 13.6. The Balaban J connectivity index is 1.82. The van der Waals surface area contributed by atoms with Gasteiger partial charge in [-0.15, -0.1) is 0 Å². The van der Waals surface area contributed by atoms with Crippen molar-refractivity contribution in [2.24, 2.45) is 0 Å². The third kappa shape index (κ3) is 3.19.